The van der Waals surface area contributed by atoms with Crippen molar-refractivity contribution < 1.29 is 8.78 Å². The number of anilines is 1. The molecule has 0 atom stereocenters. The highest BCUT2D eigenvalue weighted by Gasteiger charge is 2.14. The van der Waals surface area contributed by atoms with Crippen LogP contribution in [0.2, 0.25) is 15.1 Å². The Morgan fingerprint density at radius 3 is 2.25 bits per heavy atom. The number of halogens is 6. The van der Waals surface area contributed by atoms with Gasteiger partial charge in [-0.1, -0.05) is 34.8 Å². The minimum atomic E-state index is -0.668. The lowest BCUT2D eigenvalue weighted by molar-refractivity contribution is 0.555. The molecule has 1 nitrogen and oxygen atoms in total. The van der Waals surface area contributed by atoms with Crippen molar-refractivity contribution in [1.82, 2.24) is 0 Å². The molecule has 0 heterocycles. The molecule has 0 aliphatic heterocycles. The van der Waals surface area contributed by atoms with Gasteiger partial charge in [0, 0.05) is 17.1 Å². The second-order valence-electron chi connectivity index (χ2n) is 3.92. The van der Waals surface area contributed by atoms with Crippen molar-refractivity contribution in [3.8, 4) is 0 Å². The quantitative estimate of drug-likeness (QED) is 0.595. The van der Waals surface area contributed by atoms with E-state index in [4.69, 9.17) is 34.8 Å². The summed E-state index contributed by atoms with van der Waals surface area (Å²) in [5.41, 5.74) is 0.262. The molecule has 2 aromatic rings. The van der Waals surface area contributed by atoms with Gasteiger partial charge in [0.15, 0.2) is 0 Å². The number of hydrogen-bond acceptors (Lipinski definition) is 1. The average molecular weight is 401 g/mol. The topological polar surface area (TPSA) is 12.0 Å². The Morgan fingerprint density at radius 2 is 1.65 bits per heavy atom. The van der Waals surface area contributed by atoms with Crippen LogP contribution in [0.3, 0.4) is 0 Å². The number of hydrogen-bond donors (Lipinski definition) is 1. The molecule has 0 unspecified atom stereocenters. The fourth-order valence-corrected chi connectivity index (χ4v) is 2.94. The van der Waals surface area contributed by atoms with Crippen LogP contribution in [0.1, 0.15) is 5.56 Å². The summed E-state index contributed by atoms with van der Waals surface area (Å²) in [5.74, 6) is -1.32. The van der Waals surface area contributed by atoms with Gasteiger partial charge in [0.05, 0.1) is 20.2 Å². The van der Waals surface area contributed by atoms with Gasteiger partial charge in [-0.25, -0.2) is 8.78 Å². The largest absolute Gasteiger partial charge is 0.378 e. The summed E-state index contributed by atoms with van der Waals surface area (Å²) in [7, 11) is 0. The molecule has 106 valence electrons. The highest BCUT2D eigenvalue weighted by molar-refractivity contribution is 9.10. The molecular formula is C13H7BrCl3F2N. The first-order valence-electron chi connectivity index (χ1n) is 5.41. The second kappa shape index (κ2) is 6.48. The van der Waals surface area contributed by atoms with Gasteiger partial charge in [-0.15, -0.1) is 0 Å². The van der Waals surface area contributed by atoms with Gasteiger partial charge in [0.2, 0.25) is 0 Å². The van der Waals surface area contributed by atoms with E-state index < -0.39 is 11.6 Å². The third kappa shape index (κ3) is 3.37. The first-order chi connectivity index (χ1) is 9.40. The van der Waals surface area contributed by atoms with Gasteiger partial charge < -0.3 is 5.32 Å². The van der Waals surface area contributed by atoms with Crippen molar-refractivity contribution in [3.63, 3.8) is 0 Å². The fraction of sp³-hybridized carbons (Fsp3) is 0.0769. The first-order valence-corrected chi connectivity index (χ1v) is 7.33. The summed E-state index contributed by atoms with van der Waals surface area (Å²) in [5, 5.41) is 3.74. The van der Waals surface area contributed by atoms with Crippen molar-refractivity contribution in [1.29, 1.82) is 0 Å². The average Bonchev–Trinajstić information content (AvgIpc) is 2.36. The molecular weight excluding hydrogens is 394 g/mol. The van der Waals surface area contributed by atoms with E-state index in [1.54, 1.807) is 0 Å². The molecule has 0 radical (unpaired) electrons. The zero-order valence-electron chi connectivity index (χ0n) is 9.78. The highest BCUT2D eigenvalue weighted by Crippen LogP contribution is 2.34. The summed E-state index contributed by atoms with van der Waals surface area (Å²) < 4.78 is 27.6. The van der Waals surface area contributed by atoms with Gasteiger partial charge >= 0.3 is 0 Å². The molecule has 0 bridgehead atoms. The SMILES string of the molecule is Fc1ccc(Br)c(F)c1CNc1c(Cl)cc(Cl)cc1Cl. The van der Waals surface area contributed by atoms with E-state index in [0.29, 0.717) is 10.7 Å². The highest BCUT2D eigenvalue weighted by atomic mass is 79.9. The first kappa shape index (κ1) is 15.8. The maximum atomic E-state index is 13.8. The van der Waals surface area contributed by atoms with E-state index in [1.165, 1.54) is 24.3 Å². The number of nitrogens with one attached hydrogen (secondary N) is 1. The van der Waals surface area contributed by atoms with Gasteiger partial charge in [0.25, 0.3) is 0 Å². The minimum absolute atomic E-state index is 0.0990. The van der Waals surface area contributed by atoms with Crippen LogP contribution in [0.5, 0.6) is 0 Å². The Bertz CT molecular complexity index is 641. The molecule has 0 aromatic heterocycles. The van der Waals surface area contributed by atoms with Gasteiger partial charge in [-0.3, -0.25) is 0 Å². The van der Waals surface area contributed by atoms with Crippen LogP contribution >= 0.6 is 50.7 Å². The standard InChI is InChI=1S/C13H7BrCl3F2N/c14-8-1-2-11(18)7(12(8)19)5-20-13-9(16)3-6(15)4-10(13)17/h1-4,20H,5H2. The molecule has 0 aliphatic carbocycles. The van der Waals surface area contributed by atoms with Crippen molar-refractivity contribution in [2.75, 3.05) is 5.32 Å². The molecule has 0 fully saturated rings. The zero-order valence-corrected chi connectivity index (χ0v) is 13.6. The summed E-state index contributed by atoms with van der Waals surface area (Å²) in [6.45, 7) is -0.0990. The van der Waals surface area contributed by atoms with E-state index in [2.05, 4.69) is 21.2 Å². The third-order valence-corrected chi connectivity index (χ3v) is 4.01. The van der Waals surface area contributed by atoms with Gasteiger partial charge in [0.1, 0.15) is 11.6 Å². The third-order valence-electron chi connectivity index (χ3n) is 2.59. The molecule has 0 saturated heterocycles. The molecule has 7 heteroatoms. The predicted octanol–water partition coefficient (Wildman–Crippen LogP) is 6.30. The Labute approximate surface area is 138 Å². The molecule has 2 aromatic carbocycles. The van der Waals surface area contributed by atoms with Crippen LogP contribution in [-0.4, -0.2) is 0 Å². The van der Waals surface area contributed by atoms with Crippen LogP contribution in [0.4, 0.5) is 14.5 Å². The smallest absolute Gasteiger partial charge is 0.145 e. The molecule has 0 spiro atoms. The van der Waals surface area contributed by atoms with Crippen molar-refractivity contribution in [2.45, 2.75) is 6.54 Å². The number of benzene rings is 2. The van der Waals surface area contributed by atoms with Gasteiger partial charge in [-0.2, -0.15) is 0 Å². The van der Waals surface area contributed by atoms with Crippen molar-refractivity contribution in [2.24, 2.45) is 0 Å². The van der Waals surface area contributed by atoms with E-state index in [-0.39, 0.29) is 26.6 Å². The normalized spacial score (nSPS) is 10.7. The summed E-state index contributed by atoms with van der Waals surface area (Å²) in [6.07, 6.45) is 0. The lowest BCUT2D eigenvalue weighted by Crippen LogP contribution is -2.06. The van der Waals surface area contributed by atoms with Crippen molar-refractivity contribution >= 4 is 56.4 Å². The number of rotatable bonds is 3. The Morgan fingerprint density at radius 1 is 1.05 bits per heavy atom. The maximum Gasteiger partial charge on any atom is 0.145 e. The summed E-state index contributed by atoms with van der Waals surface area (Å²) in [4.78, 5) is 0. The lowest BCUT2D eigenvalue weighted by Gasteiger charge is -2.12. The van der Waals surface area contributed by atoms with Crippen LogP contribution in [-0.2, 0) is 6.54 Å². The molecule has 20 heavy (non-hydrogen) atoms. The Kier molecular flexibility index (Phi) is 5.13. The monoisotopic (exact) mass is 399 g/mol. The Balaban J connectivity index is 2.28. The summed E-state index contributed by atoms with van der Waals surface area (Å²) >= 11 is 20.8. The van der Waals surface area contributed by atoms with Crippen LogP contribution in [0.15, 0.2) is 28.7 Å². The van der Waals surface area contributed by atoms with E-state index in [1.807, 2.05) is 0 Å². The maximum absolute atomic E-state index is 13.8. The summed E-state index contributed by atoms with van der Waals surface area (Å²) in [6, 6.07) is 5.46. The predicted molar refractivity (Wildman–Crippen MR) is 82.9 cm³/mol. The zero-order chi connectivity index (χ0) is 14.9. The molecule has 2 rings (SSSR count). The van der Waals surface area contributed by atoms with E-state index in [9.17, 15) is 8.78 Å². The molecule has 1 N–H and O–H groups in total. The second-order valence-corrected chi connectivity index (χ2v) is 6.02. The van der Waals surface area contributed by atoms with Gasteiger partial charge in [-0.05, 0) is 40.2 Å². The Hall–Kier alpha value is -0.550. The fourth-order valence-electron chi connectivity index (χ4n) is 1.62. The van der Waals surface area contributed by atoms with E-state index >= 15 is 0 Å². The molecule has 0 amide bonds. The van der Waals surface area contributed by atoms with E-state index in [0.717, 1.165) is 0 Å². The van der Waals surface area contributed by atoms with Crippen LogP contribution in [0, 0.1) is 11.6 Å². The minimum Gasteiger partial charge on any atom is -0.378 e. The van der Waals surface area contributed by atoms with Crippen LogP contribution < -0.4 is 5.32 Å². The molecule has 0 saturated carbocycles. The van der Waals surface area contributed by atoms with Crippen molar-refractivity contribution in [3.05, 3.63) is 61.0 Å². The van der Waals surface area contributed by atoms with Crippen LogP contribution in [0.25, 0.3) is 0 Å². The lowest BCUT2D eigenvalue weighted by atomic mass is 10.2. The molecule has 0 aliphatic rings.